The zero-order valence-electron chi connectivity index (χ0n) is 8.27. The molecule has 14 heavy (non-hydrogen) atoms. The lowest BCUT2D eigenvalue weighted by atomic mass is 10.0. The van der Waals surface area contributed by atoms with Crippen molar-refractivity contribution < 1.29 is 0 Å². The lowest BCUT2D eigenvalue weighted by molar-refractivity contribution is 0.680. The van der Waals surface area contributed by atoms with E-state index in [4.69, 9.17) is 11.6 Å². The van der Waals surface area contributed by atoms with Crippen molar-refractivity contribution in [2.24, 2.45) is 0 Å². The number of rotatable bonds is 3. The molecule has 76 valence electrons. The highest BCUT2D eigenvalue weighted by molar-refractivity contribution is 14.1. The first kappa shape index (κ1) is 12.0. The van der Waals surface area contributed by atoms with Gasteiger partial charge >= 0.3 is 0 Å². The van der Waals surface area contributed by atoms with Gasteiger partial charge in [0, 0.05) is 3.57 Å². The summed E-state index contributed by atoms with van der Waals surface area (Å²) in [6, 6.07) is 6.26. The minimum atomic E-state index is 0.185. The average Bonchev–Trinajstić information content (AvgIpc) is 2.11. The molecule has 0 aliphatic rings. The van der Waals surface area contributed by atoms with Gasteiger partial charge in [-0.1, -0.05) is 29.8 Å². The van der Waals surface area contributed by atoms with E-state index in [0.29, 0.717) is 0 Å². The van der Waals surface area contributed by atoms with Crippen molar-refractivity contribution in [1.82, 2.24) is 5.32 Å². The van der Waals surface area contributed by atoms with Gasteiger partial charge in [0.1, 0.15) is 0 Å². The van der Waals surface area contributed by atoms with Gasteiger partial charge in [-0.25, -0.2) is 0 Å². The number of likely N-dealkylation sites (N-methyl/N-ethyl adjacent to an activating group) is 1. The predicted octanol–water partition coefficient (Wildman–Crippen LogP) is 3.78. The Morgan fingerprint density at radius 2 is 2.21 bits per heavy atom. The number of hydrogen-bond donors (Lipinski definition) is 1. The minimum absolute atomic E-state index is 0.185. The second-order valence-corrected chi connectivity index (χ2v) is 4.81. The molecule has 1 aromatic carbocycles. The van der Waals surface area contributed by atoms with E-state index in [0.717, 1.165) is 19.7 Å². The Morgan fingerprint density at radius 3 is 2.64 bits per heavy atom. The summed E-state index contributed by atoms with van der Waals surface area (Å²) in [5.41, 5.74) is 2.25. The monoisotopic (exact) mass is 321 g/mol. The molecule has 0 amide bonds. The molecule has 1 nitrogen and oxygen atoms in total. The van der Waals surface area contributed by atoms with Crippen LogP contribution in [0.25, 0.3) is 0 Å². The molecule has 1 N–H and O–H groups in total. The second-order valence-electron chi connectivity index (χ2n) is 3.24. The van der Waals surface area contributed by atoms with Gasteiger partial charge in [0.25, 0.3) is 0 Å². The molecule has 3 heteroatoms. The highest BCUT2D eigenvalue weighted by Gasteiger charge is 2.10. The summed E-state index contributed by atoms with van der Waals surface area (Å²) < 4.78 is 1.07. The normalized spacial score (nSPS) is 12.6. The first-order valence-electron chi connectivity index (χ1n) is 4.34. The van der Waals surface area contributed by atoms with E-state index < -0.39 is 0 Å². The predicted molar refractivity (Wildman–Crippen MR) is 70.8 cm³/mol. The molecule has 0 heterocycles. The Labute approximate surface area is 104 Å². The van der Waals surface area contributed by atoms with Crippen LogP contribution < -0.4 is 5.32 Å². The summed E-state index contributed by atoms with van der Waals surface area (Å²) in [5, 5.41) is 4.00. The number of hydrogen-bond acceptors (Lipinski definition) is 1. The third-order valence-corrected chi connectivity index (χ3v) is 3.63. The van der Waals surface area contributed by atoms with Crippen LogP contribution in [-0.4, -0.2) is 7.05 Å². The van der Waals surface area contributed by atoms with E-state index in [1.807, 2.05) is 26.1 Å². The molecule has 1 unspecified atom stereocenters. The summed E-state index contributed by atoms with van der Waals surface area (Å²) >= 11 is 8.27. The Hall–Kier alpha value is -0.0600. The van der Waals surface area contributed by atoms with Crippen LogP contribution in [0.1, 0.15) is 18.5 Å². The third kappa shape index (κ3) is 2.72. The second kappa shape index (κ2) is 5.14. The Kier molecular flexibility index (Phi) is 4.41. The standard InChI is InChI=1S/C11H13ClIN/c1-7(2)11(14-3)8-4-5-10(13)9(12)6-8/h4-6,11,14H,1H2,2-3H3. The van der Waals surface area contributed by atoms with Gasteiger partial charge in [-0.05, 0) is 54.3 Å². The van der Waals surface area contributed by atoms with Crippen LogP contribution >= 0.6 is 34.2 Å². The van der Waals surface area contributed by atoms with E-state index in [1.165, 1.54) is 0 Å². The number of nitrogens with one attached hydrogen (secondary N) is 1. The molecule has 0 aliphatic carbocycles. The molecule has 1 atom stereocenters. The maximum Gasteiger partial charge on any atom is 0.0542 e. The fraction of sp³-hybridized carbons (Fsp3) is 0.273. The molecule has 1 rings (SSSR count). The molecular weight excluding hydrogens is 308 g/mol. The molecule has 0 radical (unpaired) electrons. The Bertz CT molecular complexity index is 349. The molecule has 0 fully saturated rings. The minimum Gasteiger partial charge on any atom is -0.310 e. The average molecular weight is 322 g/mol. The zero-order chi connectivity index (χ0) is 10.7. The highest BCUT2D eigenvalue weighted by Crippen LogP contribution is 2.25. The summed E-state index contributed by atoms with van der Waals surface area (Å²) in [4.78, 5) is 0. The maximum atomic E-state index is 6.05. The molecule has 1 aromatic rings. The van der Waals surface area contributed by atoms with Crippen molar-refractivity contribution in [3.05, 3.63) is 44.5 Å². The van der Waals surface area contributed by atoms with Gasteiger partial charge in [-0.3, -0.25) is 0 Å². The van der Waals surface area contributed by atoms with E-state index in [9.17, 15) is 0 Å². The maximum absolute atomic E-state index is 6.05. The van der Waals surface area contributed by atoms with Crippen LogP contribution in [0.15, 0.2) is 30.4 Å². The van der Waals surface area contributed by atoms with Gasteiger partial charge < -0.3 is 5.32 Å². The molecule has 0 saturated heterocycles. The van der Waals surface area contributed by atoms with Gasteiger partial charge in [-0.2, -0.15) is 0 Å². The molecule has 0 aliphatic heterocycles. The summed E-state index contributed by atoms with van der Waals surface area (Å²) in [6.07, 6.45) is 0. The fourth-order valence-corrected chi connectivity index (χ4v) is 1.91. The fourth-order valence-electron chi connectivity index (χ4n) is 1.39. The van der Waals surface area contributed by atoms with Crippen molar-refractivity contribution in [2.75, 3.05) is 7.05 Å². The summed E-state index contributed by atoms with van der Waals surface area (Å²) in [7, 11) is 1.92. The smallest absolute Gasteiger partial charge is 0.0542 e. The summed E-state index contributed by atoms with van der Waals surface area (Å²) in [6.45, 7) is 5.95. The van der Waals surface area contributed by atoms with Crippen LogP contribution in [0, 0.1) is 3.57 Å². The van der Waals surface area contributed by atoms with E-state index in [2.05, 4.69) is 40.6 Å². The van der Waals surface area contributed by atoms with Crippen LogP contribution in [0.3, 0.4) is 0 Å². The number of halogens is 2. The Balaban J connectivity index is 3.06. The largest absolute Gasteiger partial charge is 0.310 e. The topological polar surface area (TPSA) is 12.0 Å². The van der Waals surface area contributed by atoms with Crippen LogP contribution in [-0.2, 0) is 0 Å². The molecule has 0 aromatic heterocycles. The molecule has 0 spiro atoms. The van der Waals surface area contributed by atoms with Crippen LogP contribution in [0.5, 0.6) is 0 Å². The number of benzene rings is 1. The van der Waals surface area contributed by atoms with Gasteiger partial charge in [0.05, 0.1) is 11.1 Å². The van der Waals surface area contributed by atoms with E-state index in [-0.39, 0.29) is 6.04 Å². The van der Waals surface area contributed by atoms with Crippen molar-refractivity contribution >= 4 is 34.2 Å². The molecule has 0 saturated carbocycles. The highest BCUT2D eigenvalue weighted by atomic mass is 127. The van der Waals surface area contributed by atoms with Crippen LogP contribution in [0.2, 0.25) is 5.02 Å². The zero-order valence-corrected chi connectivity index (χ0v) is 11.2. The van der Waals surface area contributed by atoms with E-state index in [1.54, 1.807) is 0 Å². The lowest BCUT2D eigenvalue weighted by Crippen LogP contribution is -2.16. The third-order valence-electron chi connectivity index (χ3n) is 2.06. The lowest BCUT2D eigenvalue weighted by Gasteiger charge is -2.17. The van der Waals surface area contributed by atoms with Crippen molar-refractivity contribution in [1.29, 1.82) is 0 Å². The van der Waals surface area contributed by atoms with Crippen LogP contribution in [0.4, 0.5) is 0 Å². The van der Waals surface area contributed by atoms with E-state index >= 15 is 0 Å². The van der Waals surface area contributed by atoms with Crippen molar-refractivity contribution in [3.63, 3.8) is 0 Å². The summed E-state index contributed by atoms with van der Waals surface area (Å²) in [5.74, 6) is 0. The van der Waals surface area contributed by atoms with Gasteiger partial charge in [-0.15, -0.1) is 0 Å². The first-order chi connectivity index (χ1) is 6.56. The van der Waals surface area contributed by atoms with Gasteiger partial charge in [0.2, 0.25) is 0 Å². The Morgan fingerprint density at radius 1 is 1.57 bits per heavy atom. The quantitative estimate of drug-likeness (QED) is 0.660. The first-order valence-corrected chi connectivity index (χ1v) is 5.79. The van der Waals surface area contributed by atoms with Crippen molar-refractivity contribution in [3.8, 4) is 0 Å². The molecular formula is C11H13ClIN. The van der Waals surface area contributed by atoms with Crippen molar-refractivity contribution in [2.45, 2.75) is 13.0 Å². The molecule has 0 bridgehead atoms. The van der Waals surface area contributed by atoms with Gasteiger partial charge in [0.15, 0.2) is 0 Å². The SMILES string of the molecule is C=C(C)C(NC)c1ccc(I)c(Cl)c1.